The van der Waals surface area contributed by atoms with E-state index in [2.05, 4.69) is 15.4 Å². The van der Waals surface area contributed by atoms with Crippen molar-refractivity contribution in [3.8, 4) is 0 Å². The van der Waals surface area contributed by atoms with Gasteiger partial charge in [0, 0.05) is 5.69 Å². The molecule has 0 aliphatic rings. The molecule has 1 rings (SSSR count). The Morgan fingerprint density at radius 3 is 2.19 bits per heavy atom. The lowest BCUT2D eigenvalue weighted by Gasteiger charge is -2.21. The average molecular weight is 412 g/mol. The van der Waals surface area contributed by atoms with Gasteiger partial charge in [0.15, 0.2) is 0 Å². The number of hydrogen-bond donors (Lipinski definition) is 2. The Hall–Kier alpha value is -1.45. The van der Waals surface area contributed by atoms with E-state index in [0.717, 1.165) is 12.1 Å². The molecular formula is C13H15F2IN2O3. The first-order valence-corrected chi connectivity index (χ1v) is 7.14. The van der Waals surface area contributed by atoms with Gasteiger partial charge < -0.3 is 15.4 Å². The molecule has 0 saturated heterocycles. The first-order chi connectivity index (χ1) is 9.76. The standard InChI is InChI=1S/C13H15F2IN2O3/c1-6(2)11(18-13(20)21-3)12(19)17-7-4-8(14)10(16)9(15)5-7/h4-6,11H,1-3H3,(H,17,19)(H,18,20). The van der Waals surface area contributed by atoms with Gasteiger partial charge in [-0.15, -0.1) is 0 Å². The van der Waals surface area contributed by atoms with Crippen molar-refractivity contribution in [2.45, 2.75) is 19.9 Å². The van der Waals surface area contributed by atoms with Gasteiger partial charge in [0.25, 0.3) is 0 Å². The maximum Gasteiger partial charge on any atom is 0.407 e. The van der Waals surface area contributed by atoms with E-state index in [1.807, 2.05) is 0 Å². The predicted molar refractivity (Wildman–Crippen MR) is 81.9 cm³/mol. The van der Waals surface area contributed by atoms with Gasteiger partial charge in [-0.25, -0.2) is 13.6 Å². The Kier molecular flexibility index (Phi) is 6.31. The summed E-state index contributed by atoms with van der Waals surface area (Å²) in [5.74, 6) is -2.36. The second-order valence-corrected chi connectivity index (χ2v) is 5.68. The number of amides is 2. The quantitative estimate of drug-likeness (QED) is 0.591. The van der Waals surface area contributed by atoms with E-state index in [9.17, 15) is 18.4 Å². The summed E-state index contributed by atoms with van der Waals surface area (Å²) in [6.07, 6.45) is -0.760. The minimum absolute atomic E-state index is 0.0206. The van der Waals surface area contributed by atoms with Crippen LogP contribution in [0.2, 0.25) is 0 Å². The molecule has 1 unspecified atom stereocenters. The molecule has 8 heteroatoms. The molecule has 0 fully saturated rings. The highest BCUT2D eigenvalue weighted by Crippen LogP contribution is 2.20. The van der Waals surface area contributed by atoms with Crippen LogP contribution in [0.3, 0.4) is 0 Å². The molecule has 0 aliphatic carbocycles. The van der Waals surface area contributed by atoms with E-state index in [0.29, 0.717) is 0 Å². The molecule has 5 nitrogen and oxygen atoms in total. The number of hydrogen-bond acceptors (Lipinski definition) is 3. The molecule has 116 valence electrons. The molecule has 2 N–H and O–H groups in total. The molecule has 0 bridgehead atoms. The molecule has 0 spiro atoms. The van der Waals surface area contributed by atoms with Crippen molar-refractivity contribution >= 4 is 40.3 Å². The van der Waals surface area contributed by atoms with Crippen LogP contribution in [0, 0.1) is 21.1 Å². The summed E-state index contributed by atoms with van der Waals surface area (Å²) in [7, 11) is 1.18. The summed E-state index contributed by atoms with van der Waals surface area (Å²) in [6, 6.07) is 1.14. The highest BCUT2D eigenvalue weighted by molar-refractivity contribution is 14.1. The van der Waals surface area contributed by atoms with Crippen LogP contribution >= 0.6 is 22.6 Å². The number of methoxy groups -OCH3 is 1. The van der Waals surface area contributed by atoms with E-state index in [1.165, 1.54) is 29.7 Å². The van der Waals surface area contributed by atoms with Gasteiger partial charge in [0.05, 0.1) is 10.7 Å². The normalized spacial score (nSPS) is 12.0. The lowest BCUT2D eigenvalue weighted by atomic mass is 10.0. The van der Waals surface area contributed by atoms with Crippen molar-refractivity contribution in [1.29, 1.82) is 0 Å². The molecule has 1 atom stereocenters. The Labute approximate surface area is 134 Å². The van der Waals surface area contributed by atoms with E-state index in [4.69, 9.17) is 0 Å². The largest absolute Gasteiger partial charge is 0.453 e. The van der Waals surface area contributed by atoms with Gasteiger partial charge in [0.1, 0.15) is 17.7 Å². The highest BCUT2D eigenvalue weighted by Gasteiger charge is 2.25. The zero-order chi connectivity index (χ0) is 16.2. The lowest BCUT2D eigenvalue weighted by molar-refractivity contribution is -0.119. The number of anilines is 1. The van der Waals surface area contributed by atoms with E-state index < -0.39 is 29.7 Å². The van der Waals surface area contributed by atoms with Crippen molar-refractivity contribution in [3.63, 3.8) is 0 Å². The van der Waals surface area contributed by atoms with Crippen LogP contribution in [0.1, 0.15) is 13.8 Å². The van der Waals surface area contributed by atoms with Crippen molar-refractivity contribution < 1.29 is 23.1 Å². The number of ether oxygens (including phenoxy) is 1. The first-order valence-electron chi connectivity index (χ1n) is 6.06. The highest BCUT2D eigenvalue weighted by atomic mass is 127. The molecule has 2 amide bonds. The van der Waals surface area contributed by atoms with Crippen LogP contribution in [0.25, 0.3) is 0 Å². The van der Waals surface area contributed by atoms with Gasteiger partial charge in [-0.3, -0.25) is 4.79 Å². The van der Waals surface area contributed by atoms with E-state index >= 15 is 0 Å². The fraction of sp³-hybridized carbons (Fsp3) is 0.385. The van der Waals surface area contributed by atoms with Crippen molar-refractivity contribution in [2.75, 3.05) is 12.4 Å². The maximum absolute atomic E-state index is 13.4. The van der Waals surface area contributed by atoms with E-state index in [1.54, 1.807) is 13.8 Å². The third kappa shape index (κ3) is 4.80. The minimum Gasteiger partial charge on any atom is -0.453 e. The van der Waals surface area contributed by atoms with Gasteiger partial charge in [-0.05, 0) is 40.6 Å². The number of carbonyl (C=O) groups is 2. The van der Waals surface area contributed by atoms with Crippen molar-refractivity contribution in [3.05, 3.63) is 27.3 Å². The van der Waals surface area contributed by atoms with Crippen molar-refractivity contribution in [2.24, 2.45) is 5.92 Å². The summed E-state index contributed by atoms with van der Waals surface area (Å²) in [4.78, 5) is 23.3. The topological polar surface area (TPSA) is 67.4 Å². The predicted octanol–water partition coefficient (Wildman–Crippen LogP) is 2.89. The fourth-order valence-corrected chi connectivity index (χ4v) is 1.88. The summed E-state index contributed by atoms with van der Waals surface area (Å²) >= 11 is 1.53. The fourth-order valence-electron chi connectivity index (χ4n) is 1.57. The Morgan fingerprint density at radius 1 is 1.24 bits per heavy atom. The summed E-state index contributed by atoms with van der Waals surface area (Å²) < 4.78 is 31.1. The van der Waals surface area contributed by atoms with Gasteiger partial charge in [-0.2, -0.15) is 0 Å². The smallest absolute Gasteiger partial charge is 0.407 e. The monoisotopic (exact) mass is 412 g/mol. The summed E-state index contributed by atoms with van der Waals surface area (Å²) in [6.45, 7) is 3.44. The molecule has 0 aromatic heterocycles. The van der Waals surface area contributed by atoms with Crippen LogP contribution in [0.5, 0.6) is 0 Å². The van der Waals surface area contributed by atoms with Crippen LogP contribution in [0.15, 0.2) is 12.1 Å². The van der Waals surface area contributed by atoms with Crippen LogP contribution in [0.4, 0.5) is 19.3 Å². The molecule has 0 heterocycles. The molecule has 21 heavy (non-hydrogen) atoms. The molecule has 1 aromatic rings. The number of nitrogens with one attached hydrogen (secondary N) is 2. The first kappa shape index (κ1) is 17.6. The number of alkyl carbamates (subject to hydrolysis) is 1. The SMILES string of the molecule is COC(=O)NC(C(=O)Nc1cc(F)c(I)c(F)c1)C(C)C. The third-order valence-corrected chi connectivity index (χ3v) is 3.69. The minimum atomic E-state index is -0.886. The van der Waals surface area contributed by atoms with Crippen molar-refractivity contribution in [1.82, 2.24) is 5.32 Å². The second kappa shape index (κ2) is 7.53. The molecule has 0 radical (unpaired) electrons. The number of carbonyl (C=O) groups excluding carboxylic acids is 2. The molecule has 0 saturated carbocycles. The number of benzene rings is 1. The maximum atomic E-state index is 13.4. The van der Waals surface area contributed by atoms with Crippen LogP contribution < -0.4 is 10.6 Å². The Morgan fingerprint density at radius 2 is 1.76 bits per heavy atom. The number of halogens is 3. The molecular weight excluding hydrogens is 397 g/mol. The van der Waals surface area contributed by atoms with E-state index in [-0.39, 0.29) is 15.2 Å². The summed E-state index contributed by atoms with van der Waals surface area (Å²) in [5.41, 5.74) is -0.0206. The molecule has 1 aromatic carbocycles. The lowest BCUT2D eigenvalue weighted by Crippen LogP contribution is -2.47. The number of rotatable bonds is 4. The van der Waals surface area contributed by atoms with Gasteiger partial charge in [-0.1, -0.05) is 13.8 Å². The zero-order valence-electron chi connectivity index (χ0n) is 11.7. The van der Waals surface area contributed by atoms with Gasteiger partial charge in [0.2, 0.25) is 5.91 Å². The Balaban J connectivity index is 2.89. The zero-order valence-corrected chi connectivity index (χ0v) is 13.8. The van der Waals surface area contributed by atoms with Crippen LogP contribution in [-0.4, -0.2) is 25.2 Å². The Bertz CT molecular complexity index is 529. The second-order valence-electron chi connectivity index (χ2n) is 4.60. The third-order valence-electron chi connectivity index (χ3n) is 2.66. The van der Waals surface area contributed by atoms with Gasteiger partial charge >= 0.3 is 6.09 Å². The van der Waals surface area contributed by atoms with Crippen LogP contribution in [-0.2, 0) is 9.53 Å². The molecule has 0 aliphatic heterocycles. The average Bonchev–Trinajstić information content (AvgIpc) is 2.41. The summed E-state index contributed by atoms with van der Waals surface area (Å²) in [5, 5.41) is 4.73.